The Morgan fingerprint density at radius 2 is 2.00 bits per heavy atom. The summed E-state index contributed by atoms with van der Waals surface area (Å²) in [6, 6.07) is 7.43. The number of rotatable bonds is 5. The zero-order valence-corrected chi connectivity index (χ0v) is 14.7. The van der Waals surface area contributed by atoms with Gasteiger partial charge in [-0.3, -0.25) is 0 Å². The van der Waals surface area contributed by atoms with E-state index in [4.69, 9.17) is 9.47 Å². The van der Waals surface area contributed by atoms with Crippen LogP contribution in [0.5, 0.6) is 0 Å². The molecule has 23 heavy (non-hydrogen) atoms. The van der Waals surface area contributed by atoms with E-state index < -0.39 is 0 Å². The van der Waals surface area contributed by atoms with Gasteiger partial charge in [-0.05, 0) is 47.1 Å². The van der Waals surface area contributed by atoms with Crippen LogP contribution in [-0.2, 0) is 16.1 Å². The van der Waals surface area contributed by atoms with E-state index in [1.54, 1.807) is 0 Å². The number of para-hydroxylation sites is 1. The quantitative estimate of drug-likeness (QED) is 0.870. The van der Waals surface area contributed by atoms with Crippen molar-refractivity contribution in [1.82, 2.24) is 5.32 Å². The molecule has 0 spiro atoms. The number of carbonyl (C=O) groups excluding carboxylic acids is 1. The van der Waals surface area contributed by atoms with Gasteiger partial charge in [0.2, 0.25) is 0 Å². The number of anilines is 1. The Hall–Kier alpha value is -1.59. The summed E-state index contributed by atoms with van der Waals surface area (Å²) in [6.07, 6.45) is 0.786. The van der Waals surface area contributed by atoms with Crippen molar-refractivity contribution < 1.29 is 14.3 Å². The third-order valence-electron chi connectivity index (χ3n) is 4.11. The molecular weight excluding hydrogens is 292 g/mol. The molecule has 5 nitrogen and oxygen atoms in total. The van der Waals surface area contributed by atoms with Crippen molar-refractivity contribution in [2.75, 3.05) is 11.9 Å². The Morgan fingerprint density at radius 3 is 2.61 bits per heavy atom. The number of benzene rings is 1. The van der Waals surface area contributed by atoms with Crippen LogP contribution in [0.3, 0.4) is 0 Å². The fourth-order valence-corrected chi connectivity index (χ4v) is 3.08. The van der Waals surface area contributed by atoms with Crippen LogP contribution >= 0.6 is 0 Å². The van der Waals surface area contributed by atoms with Crippen LogP contribution in [0.4, 0.5) is 10.5 Å². The maximum atomic E-state index is 12.4. The van der Waals surface area contributed by atoms with Crippen LogP contribution in [0.1, 0.15) is 46.6 Å². The van der Waals surface area contributed by atoms with Crippen molar-refractivity contribution in [2.24, 2.45) is 0 Å². The summed E-state index contributed by atoms with van der Waals surface area (Å²) in [6.45, 7) is 11.2. The van der Waals surface area contributed by atoms with Gasteiger partial charge in [0.25, 0.3) is 0 Å². The van der Waals surface area contributed by atoms with E-state index in [0.717, 1.165) is 17.7 Å². The van der Waals surface area contributed by atoms with Crippen molar-refractivity contribution in [3.63, 3.8) is 0 Å². The standard InChI is InChI=1S/C18H28N2O3/c1-6-22-12-13-9-7-8-10-14(13)19-16(21)20-15-11-17(2,3)23-18(15,4)5/h7-10,15H,6,11-12H2,1-5H3,(H2,19,20,21)/t15-/m0/s1. The maximum Gasteiger partial charge on any atom is 0.319 e. The molecule has 0 radical (unpaired) electrons. The first-order chi connectivity index (χ1) is 10.7. The van der Waals surface area contributed by atoms with E-state index in [2.05, 4.69) is 10.6 Å². The van der Waals surface area contributed by atoms with E-state index >= 15 is 0 Å². The Labute approximate surface area is 138 Å². The van der Waals surface area contributed by atoms with E-state index in [0.29, 0.717) is 13.2 Å². The lowest BCUT2D eigenvalue weighted by atomic mass is 9.95. The number of hydrogen-bond donors (Lipinski definition) is 2. The Balaban J connectivity index is 2.00. The van der Waals surface area contributed by atoms with Gasteiger partial charge in [-0.25, -0.2) is 4.79 Å². The van der Waals surface area contributed by atoms with E-state index in [1.165, 1.54) is 0 Å². The molecular formula is C18H28N2O3. The van der Waals surface area contributed by atoms with Gasteiger partial charge in [0, 0.05) is 17.9 Å². The van der Waals surface area contributed by atoms with Crippen LogP contribution in [0.2, 0.25) is 0 Å². The topological polar surface area (TPSA) is 59.6 Å². The molecule has 1 heterocycles. The second kappa shape index (κ2) is 6.89. The highest BCUT2D eigenvalue weighted by Gasteiger charge is 2.46. The van der Waals surface area contributed by atoms with Crippen LogP contribution in [0.15, 0.2) is 24.3 Å². The third-order valence-corrected chi connectivity index (χ3v) is 4.11. The summed E-state index contributed by atoms with van der Waals surface area (Å²) in [5, 5.41) is 5.97. The molecule has 1 aromatic carbocycles. The van der Waals surface area contributed by atoms with Gasteiger partial charge in [-0.15, -0.1) is 0 Å². The molecule has 1 atom stereocenters. The number of amides is 2. The van der Waals surface area contributed by atoms with Crippen LogP contribution in [0.25, 0.3) is 0 Å². The molecule has 2 amide bonds. The second-order valence-electron chi connectivity index (χ2n) is 7.11. The molecule has 0 unspecified atom stereocenters. The number of ether oxygens (including phenoxy) is 2. The molecule has 1 fully saturated rings. The molecule has 1 aromatic rings. The van der Waals surface area contributed by atoms with Gasteiger partial charge in [-0.2, -0.15) is 0 Å². The van der Waals surface area contributed by atoms with Crippen molar-refractivity contribution in [3.05, 3.63) is 29.8 Å². The zero-order chi connectivity index (χ0) is 17.1. The molecule has 0 saturated carbocycles. The molecule has 1 saturated heterocycles. The van der Waals surface area contributed by atoms with Crippen molar-refractivity contribution in [3.8, 4) is 0 Å². The van der Waals surface area contributed by atoms with Crippen molar-refractivity contribution >= 4 is 11.7 Å². The number of hydrogen-bond acceptors (Lipinski definition) is 3. The Morgan fingerprint density at radius 1 is 1.30 bits per heavy atom. The average Bonchev–Trinajstić information content (AvgIpc) is 2.65. The fraction of sp³-hybridized carbons (Fsp3) is 0.611. The van der Waals surface area contributed by atoms with Crippen molar-refractivity contribution in [2.45, 2.75) is 64.9 Å². The minimum Gasteiger partial charge on any atom is -0.377 e. The highest BCUT2D eigenvalue weighted by Crippen LogP contribution is 2.37. The average molecular weight is 320 g/mol. The predicted octanol–water partition coefficient (Wildman–Crippen LogP) is 3.69. The largest absolute Gasteiger partial charge is 0.377 e. The number of urea groups is 1. The first-order valence-corrected chi connectivity index (χ1v) is 8.17. The molecule has 0 aromatic heterocycles. The molecule has 1 aliphatic heterocycles. The lowest BCUT2D eigenvalue weighted by Gasteiger charge is -2.27. The SMILES string of the molecule is CCOCc1ccccc1NC(=O)N[C@H]1CC(C)(C)OC1(C)C. The molecule has 0 aliphatic carbocycles. The minimum atomic E-state index is -0.383. The monoisotopic (exact) mass is 320 g/mol. The molecule has 1 aliphatic rings. The van der Waals surface area contributed by atoms with Crippen molar-refractivity contribution in [1.29, 1.82) is 0 Å². The molecule has 128 valence electrons. The van der Waals surface area contributed by atoms with Crippen LogP contribution < -0.4 is 10.6 Å². The normalized spacial score (nSPS) is 21.9. The third kappa shape index (κ3) is 4.69. The summed E-state index contributed by atoms with van der Waals surface area (Å²) in [5.41, 5.74) is 1.13. The molecule has 2 N–H and O–H groups in total. The van der Waals surface area contributed by atoms with Gasteiger partial charge >= 0.3 is 6.03 Å². The summed E-state index contributed by atoms with van der Waals surface area (Å²) in [5.74, 6) is 0. The lowest BCUT2D eigenvalue weighted by Crippen LogP contribution is -2.47. The molecule has 5 heteroatoms. The van der Waals surface area contributed by atoms with Gasteiger partial charge in [0.15, 0.2) is 0 Å². The highest BCUT2D eigenvalue weighted by molar-refractivity contribution is 5.90. The summed E-state index contributed by atoms with van der Waals surface area (Å²) in [7, 11) is 0. The minimum absolute atomic E-state index is 0.0310. The van der Waals surface area contributed by atoms with Gasteiger partial charge < -0.3 is 20.1 Å². The first kappa shape index (κ1) is 17.8. The summed E-state index contributed by atoms with van der Waals surface area (Å²) < 4.78 is 11.5. The number of nitrogens with one attached hydrogen (secondary N) is 2. The summed E-state index contributed by atoms with van der Waals surface area (Å²) >= 11 is 0. The number of carbonyl (C=O) groups is 1. The first-order valence-electron chi connectivity index (χ1n) is 8.17. The smallest absolute Gasteiger partial charge is 0.319 e. The summed E-state index contributed by atoms with van der Waals surface area (Å²) in [4.78, 5) is 12.4. The molecule has 2 rings (SSSR count). The Bertz CT molecular complexity index is 555. The van der Waals surface area contributed by atoms with Gasteiger partial charge in [0.05, 0.1) is 23.9 Å². The van der Waals surface area contributed by atoms with E-state index in [1.807, 2.05) is 58.9 Å². The van der Waals surface area contributed by atoms with Crippen LogP contribution in [-0.4, -0.2) is 29.9 Å². The maximum absolute atomic E-state index is 12.4. The predicted molar refractivity (Wildman–Crippen MR) is 91.6 cm³/mol. The van der Waals surface area contributed by atoms with E-state index in [9.17, 15) is 4.79 Å². The second-order valence-corrected chi connectivity index (χ2v) is 7.11. The zero-order valence-electron chi connectivity index (χ0n) is 14.7. The van der Waals surface area contributed by atoms with Gasteiger partial charge in [0.1, 0.15) is 0 Å². The Kier molecular flexibility index (Phi) is 5.32. The van der Waals surface area contributed by atoms with E-state index in [-0.39, 0.29) is 23.3 Å². The van der Waals surface area contributed by atoms with Crippen LogP contribution in [0, 0.1) is 0 Å². The molecule has 0 bridgehead atoms. The fourth-order valence-electron chi connectivity index (χ4n) is 3.08. The lowest BCUT2D eigenvalue weighted by molar-refractivity contribution is -0.0689. The highest BCUT2D eigenvalue weighted by atomic mass is 16.5. The van der Waals surface area contributed by atoms with Gasteiger partial charge in [-0.1, -0.05) is 18.2 Å².